The molecule has 3 N–H and O–H groups in total. The summed E-state index contributed by atoms with van der Waals surface area (Å²) in [6, 6.07) is 5.13. The van der Waals surface area contributed by atoms with Crippen LogP contribution < -0.4 is 4.74 Å². The third-order valence-corrected chi connectivity index (χ3v) is 5.42. The fraction of sp³-hybridized carbons (Fsp3) is 0.500. The number of alkyl halides is 1. The summed E-state index contributed by atoms with van der Waals surface area (Å²) in [4.78, 5) is 0. The molecule has 154 valence electrons. The van der Waals surface area contributed by atoms with Gasteiger partial charge in [-0.1, -0.05) is 29.3 Å². The van der Waals surface area contributed by atoms with Gasteiger partial charge in [-0.05, 0) is 24.6 Å². The van der Waals surface area contributed by atoms with E-state index in [4.69, 9.17) is 32.7 Å². The number of aliphatic hydroxyl groups is 3. The maximum atomic E-state index is 13.9. The zero-order valence-corrected chi connectivity index (χ0v) is 16.7. The third kappa shape index (κ3) is 4.12. The predicted molar refractivity (Wildman–Crippen MR) is 100 cm³/mol. The molecule has 1 aromatic carbocycles. The van der Waals surface area contributed by atoms with Crippen molar-refractivity contribution < 1.29 is 29.2 Å². The van der Waals surface area contributed by atoms with Gasteiger partial charge in [0.1, 0.15) is 18.3 Å². The van der Waals surface area contributed by atoms with Gasteiger partial charge >= 0.3 is 0 Å². The van der Waals surface area contributed by atoms with Crippen LogP contribution >= 0.6 is 23.2 Å². The van der Waals surface area contributed by atoms with Crippen molar-refractivity contribution in [1.29, 1.82) is 0 Å². The standard InChI is InChI=1S/C18H21Cl2FN2O5/c1-8-11(5-9-3-4-10(19)6-12(9)20)17(22-23(8)2)28-18-16(26)15(25)14(21)13(7-24)27-18/h3-4,6,13-16,18,24-26H,5,7H2,1-2H3. The van der Waals surface area contributed by atoms with E-state index in [0.29, 0.717) is 22.0 Å². The van der Waals surface area contributed by atoms with Crippen LogP contribution in [0.5, 0.6) is 5.88 Å². The number of ether oxygens (including phenoxy) is 2. The Kier molecular flexibility index (Phi) is 6.48. The number of hydrogen-bond acceptors (Lipinski definition) is 6. The fourth-order valence-electron chi connectivity index (χ4n) is 3.02. The molecule has 5 unspecified atom stereocenters. The highest BCUT2D eigenvalue weighted by atomic mass is 35.5. The van der Waals surface area contributed by atoms with Gasteiger partial charge in [-0.2, -0.15) is 0 Å². The summed E-state index contributed by atoms with van der Waals surface area (Å²) >= 11 is 12.2. The quantitative estimate of drug-likeness (QED) is 0.663. The number of aliphatic hydroxyl groups excluding tert-OH is 3. The van der Waals surface area contributed by atoms with E-state index in [1.165, 1.54) is 0 Å². The number of hydrogen-bond donors (Lipinski definition) is 3. The van der Waals surface area contributed by atoms with Crippen LogP contribution in [0.2, 0.25) is 10.0 Å². The summed E-state index contributed by atoms with van der Waals surface area (Å²) in [5, 5.41) is 34.5. The molecule has 1 aromatic heterocycles. The van der Waals surface area contributed by atoms with Crippen molar-refractivity contribution in [3.8, 4) is 5.88 Å². The van der Waals surface area contributed by atoms with Gasteiger partial charge in [-0.15, -0.1) is 5.10 Å². The molecule has 2 aromatic rings. The SMILES string of the molecule is Cc1c(Cc2ccc(Cl)cc2Cl)c(OC2OC(CO)C(F)C(O)C2O)nn1C. The molecule has 1 fully saturated rings. The van der Waals surface area contributed by atoms with Gasteiger partial charge in [0.15, 0.2) is 6.17 Å². The molecule has 5 atom stereocenters. The van der Waals surface area contributed by atoms with Gasteiger partial charge in [0, 0.05) is 34.8 Å². The van der Waals surface area contributed by atoms with E-state index in [9.17, 15) is 19.7 Å². The Morgan fingerprint density at radius 2 is 2.00 bits per heavy atom. The molecule has 1 aliphatic rings. The van der Waals surface area contributed by atoms with Crippen molar-refractivity contribution in [3.63, 3.8) is 0 Å². The molecule has 0 amide bonds. The number of nitrogens with zero attached hydrogens (tertiary/aromatic N) is 2. The molecule has 2 heterocycles. The molecule has 1 saturated heterocycles. The molecular weight excluding hydrogens is 414 g/mol. The van der Waals surface area contributed by atoms with Gasteiger partial charge in [0.25, 0.3) is 0 Å². The maximum absolute atomic E-state index is 13.9. The Labute approximate surface area is 171 Å². The van der Waals surface area contributed by atoms with Crippen LogP contribution in [-0.4, -0.2) is 62.5 Å². The molecule has 28 heavy (non-hydrogen) atoms. The second-order valence-electron chi connectivity index (χ2n) is 6.67. The second-order valence-corrected chi connectivity index (χ2v) is 7.52. The minimum atomic E-state index is -1.93. The number of aromatic nitrogens is 2. The fourth-order valence-corrected chi connectivity index (χ4v) is 3.50. The van der Waals surface area contributed by atoms with Gasteiger partial charge in [-0.25, -0.2) is 4.39 Å². The highest BCUT2D eigenvalue weighted by Gasteiger charge is 2.46. The molecule has 0 bridgehead atoms. The zero-order valence-electron chi connectivity index (χ0n) is 15.2. The summed E-state index contributed by atoms with van der Waals surface area (Å²) < 4.78 is 26.5. The first kappa shape index (κ1) is 21.3. The Morgan fingerprint density at radius 1 is 1.29 bits per heavy atom. The van der Waals surface area contributed by atoms with Crippen LogP contribution in [0.25, 0.3) is 0 Å². The van der Waals surface area contributed by atoms with E-state index in [2.05, 4.69) is 5.10 Å². The molecule has 3 rings (SSSR count). The van der Waals surface area contributed by atoms with E-state index < -0.39 is 37.4 Å². The largest absolute Gasteiger partial charge is 0.443 e. The molecular formula is C18H21Cl2FN2O5. The lowest BCUT2D eigenvalue weighted by atomic mass is 10.0. The normalized spacial score (nSPS) is 27.8. The first-order valence-electron chi connectivity index (χ1n) is 8.62. The average molecular weight is 435 g/mol. The molecule has 7 nitrogen and oxygen atoms in total. The van der Waals surface area contributed by atoms with Crippen molar-refractivity contribution in [2.45, 2.75) is 44.1 Å². The monoisotopic (exact) mass is 434 g/mol. The second kappa shape index (κ2) is 8.52. The summed E-state index contributed by atoms with van der Waals surface area (Å²) in [6.45, 7) is 1.17. The Morgan fingerprint density at radius 3 is 2.64 bits per heavy atom. The lowest BCUT2D eigenvalue weighted by molar-refractivity contribution is -0.266. The van der Waals surface area contributed by atoms with Crippen LogP contribution in [0.3, 0.4) is 0 Å². The molecule has 0 radical (unpaired) electrons. The first-order chi connectivity index (χ1) is 13.2. The van der Waals surface area contributed by atoms with Crippen molar-refractivity contribution >= 4 is 23.2 Å². The molecule has 0 saturated carbocycles. The van der Waals surface area contributed by atoms with E-state index >= 15 is 0 Å². The third-order valence-electron chi connectivity index (χ3n) is 4.83. The smallest absolute Gasteiger partial charge is 0.239 e. The number of halogens is 3. The maximum Gasteiger partial charge on any atom is 0.239 e. The number of benzene rings is 1. The van der Waals surface area contributed by atoms with Crippen LogP contribution in [0.1, 0.15) is 16.8 Å². The average Bonchev–Trinajstić information content (AvgIpc) is 2.91. The van der Waals surface area contributed by atoms with Crippen LogP contribution in [-0.2, 0) is 18.2 Å². The van der Waals surface area contributed by atoms with Gasteiger partial charge in [-0.3, -0.25) is 4.68 Å². The Hall–Kier alpha value is -1.42. The Bertz CT molecular complexity index is 848. The van der Waals surface area contributed by atoms with Gasteiger partial charge < -0.3 is 24.8 Å². The van der Waals surface area contributed by atoms with Crippen LogP contribution in [0.4, 0.5) is 4.39 Å². The Balaban J connectivity index is 1.87. The highest BCUT2D eigenvalue weighted by molar-refractivity contribution is 6.35. The summed E-state index contributed by atoms with van der Waals surface area (Å²) in [6.07, 6.45) is -7.68. The number of rotatable bonds is 5. The van der Waals surface area contributed by atoms with E-state index in [0.717, 1.165) is 11.3 Å². The molecule has 10 heteroatoms. The summed E-state index contributed by atoms with van der Waals surface area (Å²) in [7, 11) is 1.72. The minimum absolute atomic E-state index is 0.149. The predicted octanol–water partition coefficient (Wildman–Crippen LogP) is 1.78. The van der Waals surface area contributed by atoms with Crippen LogP contribution in [0.15, 0.2) is 18.2 Å². The van der Waals surface area contributed by atoms with E-state index in [1.54, 1.807) is 29.9 Å². The van der Waals surface area contributed by atoms with Crippen molar-refractivity contribution in [1.82, 2.24) is 9.78 Å². The van der Waals surface area contributed by atoms with Gasteiger partial charge in [0.05, 0.1) is 6.61 Å². The number of aryl methyl sites for hydroxylation is 1. The van der Waals surface area contributed by atoms with Crippen molar-refractivity contribution in [3.05, 3.63) is 45.1 Å². The highest BCUT2D eigenvalue weighted by Crippen LogP contribution is 2.31. The summed E-state index contributed by atoms with van der Waals surface area (Å²) in [5.41, 5.74) is 2.25. The summed E-state index contributed by atoms with van der Waals surface area (Å²) in [5.74, 6) is 0.149. The zero-order chi connectivity index (χ0) is 20.6. The molecule has 0 spiro atoms. The van der Waals surface area contributed by atoms with Gasteiger partial charge in [0.2, 0.25) is 12.2 Å². The molecule has 1 aliphatic heterocycles. The first-order valence-corrected chi connectivity index (χ1v) is 9.38. The molecule has 0 aliphatic carbocycles. The minimum Gasteiger partial charge on any atom is -0.443 e. The lowest BCUT2D eigenvalue weighted by Gasteiger charge is -2.38. The van der Waals surface area contributed by atoms with Crippen molar-refractivity contribution in [2.24, 2.45) is 7.05 Å². The van der Waals surface area contributed by atoms with E-state index in [-0.39, 0.29) is 5.88 Å². The van der Waals surface area contributed by atoms with Crippen LogP contribution in [0, 0.1) is 6.92 Å². The topological polar surface area (TPSA) is 97.0 Å². The van der Waals surface area contributed by atoms with Crippen molar-refractivity contribution in [2.75, 3.05) is 6.61 Å². The van der Waals surface area contributed by atoms with E-state index in [1.807, 2.05) is 6.92 Å². The lowest BCUT2D eigenvalue weighted by Crippen LogP contribution is -2.58.